The number of aryl methyl sites for hydroxylation is 2. The van der Waals surface area contributed by atoms with Crippen LogP contribution in [0, 0.1) is 12.8 Å². The molecule has 1 aromatic rings. The Morgan fingerprint density at radius 1 is 1.24 bits per heavy atom. The van der Waals surface area contributed by atoms with E-state index in [1.807, 2.05) is 0 Å². The summed E-state index contributed by atoms with van der Waals surface area (Å²) in [6.45, 7) is 2.22. The Morgan fingerprint density at radius 3 is 2.65 bits per heavy atom. The smallest absolute Gasteiger partial charge is 0.00673 e. The lowest BCUT2D eigenvalue weighted by atomic mass is 9.98. The lowest BCUT2D eigenvalue weighted by Crippen LogP contribution is -2.25. The summed E-state index contributed by atoms with van der Waals surface area (Å²) in [7, 11) is 2.11. The predicted octanol–water partition coefficient (Wildman–Crippen LogP) is 3.71. The molecule has 1 N–H and O–H groups in total. The molecule has 0 aromatic heterocycles. The van der Waals surface area contributed by atoms with Crippen molar-refractivity contribution in [3.05, 3.63) is 35.4 Å². The van der Waals surface area contributed by atoms with Crippen LogP contribution in [0.4, 0.5) is 0 Å². The molecular weight excluding hydrogens is 206 g/mol. The van der Waals surface area contributed by atoms with E-state index < -0.39 is 0 Å². The van der Waals surface area contributed by atoms with Crippen LogP contribution in [0.5, 0.6) is 0 Å². The van der Waals surface area contributed by atoms with E-state index in [2.05, 4.69) is 43.6 Å². The van der Waals surface area contributed by atoms with E-state index in [1.165, 1.54) is 49.7 Å². The summed E-state index contributed by atoms with van der Waals surface area (Å²) in [5.41, 5.74) is 2.95. The van der Waals surface area contributed by atoms with Gasteiger partial charge in [-0.05, 0) is 56.7 Å². The minimum absolute atomic E-state index is 0.704. The second-order valence-corrected chi connectivity index (χ2v) is 5.47. The van der Waals surface area contributed by atoms with Gasteiger partial charge in [-0.25, -0.2) is 0 Å². The molecule has 1 atom stereocenters. The van der Waals surface area contributed by atoms with Gasteiger partial charge in [0.1, 0.15) is 0 Å². The van der Waals surface area contributed by atoms with Crippen LogP contribution >= 0.6 is 0 Å². The average Bonchev–Trinajstić information content (AvgIpc) is 3.15. The zero-order valence-corrected chi connectivity index (χ0v) is 11.2. The van der Waals surface area contributed by atoms with E-state index in [-0.39, 0.29) is 0 Å². The Hall–Kier alpha value is -0.820. The molecule has 17 heavy (non-hydrogen) atoms. The fourth-order valence-electron chi connectivity index (χ4n) is 2.50. The van der Waals surface area contributed by atoms with Crippen LogP contribution in [0.3, 0.4) is 0 Å². The van der Waals surface area contributed by atoms with Crippen molar-refractivity contribution in [2.75, 3.05) is 7.05 Å². The molecule has 1 unspecified atom stereocenters. The first-order valence-electron chi connectivity index (χ1n) is 7.01. The highest BCUT2D eigenvalue weighted by atomic mass is 14.9. The molecule has 1 fully saturated rings. The highest BCUT2D eigenvalue weighted by Crippen LogP contribution is 2.34. The first kappa shape index (κ1) is 12.6. The quantitative estimate of drug-likeness (QED) is 0.754. The van der Waals surface area contributed by atoms with Crippen molar-refractivity contribution in [2.24, 2.45) is 5.92 Å². The summed E-state index contributed by atoms with van der Waals surface area (Å²) < 4.78 is 0. The molecule has 94 valence electrons. The van der Waals surface area contributed by atoms with Gasteiger partial charge < -0.3 is 5.32 Å². The first-order chi connectivity index (χ1) is 8.29. The summed E-state index contributed by atoms with van der Waals surface area (Å²) in [5, 5.41) is 3.47. The fraction of sp³-hybridized carbons (Fsp3) is 0.625. The van der Waals surface area contributed by atoms with Crippen LogP contribution in [-0.4, -0.2) is 13.1 Å². The Bertz CT molecular complexity index is 341. The number of hydrogen-bond acceptors (Lipinski definition) is 1. The van der Waals surface area contributed by atoms with Gasteiger partial charge in [0.15, 0.2) is 0 Å². The normalized spacial score (nSPS) is 17.1. The predicted molar refractivity (Wildman–Crippen MR) is 74.3 cm³/mol. The standard InChI is InChI=1S/C16H25N/c1-13-5-3-4-6-15(13)10-12-16(17-2)11-9-14-7-8-14/h3-6,14,16-17H,7-12H2,1-2H3. The topological polar surface area (TPSA) is 12.0 Å². The molecule has 1 aromatic carbocycles. The fourth-order valence-corrected chi connectivity index (χ4v) is 2.50. The van der Waals surface area contributed by atoms with E-state index >= 15 is 0 Å². The van der Waals surface area contributed by atoms with Gasteiger partial charge in [0, 0.05) is 6.04 Å². The molecule has 1 saturated carbocycles. The highest BCUT2D eigenvalue weighted by molar-refractivity contribution is 5.25. The van der Waals surface area contributed by atoms with Crippen LogP contribution in [0.25, 0.3) is 0 Å². The molecular formula is C16H25N. The molecule has 0 heterocycles. The molecule has 1 heteroatoms. The van der Waals surface area contributed by atoms with Crippen molar-refractivity contribution in [1.82, 2.24) is 5.32 Å². The second-order valence-electron chi connectivity index (χ2n) is 5.47. The molecule has 2 rings (SSSR count). The van der Waals surface area contributed by atoms with Crippen molar-refractivity contribution in [3.63, 3.8) is 0 Å². The summed E-state index contributed by atoms with van der Waals surface area (Å²) in [5.74, 6) is 1.06. The second kappa shape index (κ2) is 6.20. The molecule has 1 aliphatic rings. The molecule has 0 spiro atoms. The van der Waals surface area contributed by atoms with E-state index in [9.17, 15) is 0 Å². The van der Waals surface area contributed by atoms with E-state index in [4.69, 9.17) is 0 Å². The third-order valence-corrected chi connectivity index (χ3v) is 4.05. The van der Waals surface area contributed by atoms with E-state index in [0.717, 1.165) is 5.92 Å². The maximum absolute atomic E-state index is 3.47. The van der Waals surface area contributed by atoms with Gasteiger partial charge >= 0.3 is 0 Å². The van der Waals surface area contributed by atoms with Crippen LogP contribution < -0.4 is 5.32 Å². The zero-order chi connectivity index (χ0) is 12.1. The lowest BCUT2D eigenvalue weighted by Gasteiger charge is -2.16. The summed E-state index contributed by atoms with van der Waals surface area (Å²) >= 11 is 0. The van der Waals surface area contributed by atoms with Crippen LogP contribution in [0.1, 0.15) is 43.2 Å². The van der Waals surface area contributed by atoms with Gasteiger partial charge in [-0.2, -0.15) is 0 Å². The van der Waals surface area contributed by atoms with Crippen LogP contribution in [0.15, 0.2) is 24.3 Å². The van der Waals surface area contributed by atoms with E-state index in [1.54, 1.807) is 0 Å². The molecule has 0 saturated heterocycles. The first-order valence-corrected chi connectivity index (χ1v) is 7.01. The number of rotatable bonds is 7. The highest BCUT2D eigenvalue weighted by Gasteiger charge is 2.22. The van der Waals surface area contributed by atoms with Crippen molar-refractivity contribution < 1.29 is 0 Å². The van der Waals surface area contributed by atoms with Gasteiger partial charge in [-0.15, -0.1) is 0 Å². The van der Waals surface area contributed by atoms with Crippen molar-refractivity contribution in [1.29, 1.82) is 0 Å². The SMILES string of the molecule is CNC(CCc1ccccc1C)CCC1CC1. The third-order valence-electron chi connectivity index (χ3n) is 4.05. The summed E-state index contributed by atoms with van der Waals surface area (Å²) in [6.07, 6.45) is 8.23. The maximum atomic E-state index is 3.47. The summed E-state index contributed by atoms with van der Waals surface area (Å²) in [6, 6.07) is 9.47. The number of nitrogens with one attached hydrogen (secondary N) is 1. The zero-order valence-electron chi connectivity index (χ0n) is 11.2. The molecule has 1 nitrogen and oxygen atoms in total. The number of hydrogen-bond donors (Lipinski definition) is 1. The van der Waals surface area contributed by atoms with Gasteiger partial charge in [0.25, 0.3) is 0 Å². The molecule has 1 aliphatic carbocycles. The minimum Gasteiger partial charge on any atom is -0.317 e. The lowest BCUT2D eigenvalue weighted by molar-refractivity contribution is 0.460. The molecule has 0 aliphatic heterocycles. The molecule has 0 radical (unpaired) electrons. The van der Waals surface area contributed by atoms with Crippen molar-refractivity contribution in [3.8, 4) is 0 Å². The average molecular weight is 231 g/mol. The Kier molecular flexibility index (Phi) is 4.61. The van der Waals surface area contributed by atoms with Crippen molar-refractivity contribution >= 4 is 0 Å². The Morgan fingerprint density at radius 2 is 2.00 bits per heavy atom. The van der Waals surface area contributed by atoms with Crippen LogP contribution in [0.2, 0.25) is 0 Å². The van der Waals surface area contributed by atoms with Gasteiger partial charge in [0.2, 0.25) is 0 Å². The molecule has 0 amide bonds. The molecule has 0 bridgehead atoms. The number of benzene rings is 1. The summed E-state index contributed by atoms with van der Waals surface area (Å²) in [4.78, 5) is 0. The van der Waals surface area contributed by atoms with Gasteiger partial charge in [0.05, 0.1) is 0 Å². The minimum atomic E-state index is 0.704. The third kappa shape index (κ3) is 4.16. The van der Waals surface area contributed by atoms with E-state index in [0.29, 0.717) is 6.04 Å². The largest absolute Gasteiger partial charge is 0.317 e. The Balaban J connectivity index is 1.76. The van der Waals surface area contributed by atoms with Gasteiger partial charge in [-0.3, -0.25) is 0 Å². The maximum Gasteiger partial charge on any atom is 0.00673 e. The van der Waals surface area contributed by atoms with Crippen molar-refractivity contribution in [2.45, 2.75) is 51.5 Å². The monoisotopic (exact) mass is 231 g/mol. The van der Waals surface area contributed by atoms with Crippen LogP contribution in [-0.2, 0) is 6.42 Å². The Labute approximate surface area is 106 Å². The van der Waals surface area contributed by atoms with Gasteiger partial charge in [-0.1, -0.05) is 37.1 Å².